The number of hydrogen-bond acceptors (Lipinski definition) is 2. The molecule has 0 unspecified atom stereocenters. The van der Waals surface area contributed by atoms with Crippen molar-refractivity contribution in [2.75, 3.05) is 0 Å². The van der Waals surface area contributed by atoms with Crippen molar-refractivity contribution in [2.45, 2.75) is 13.1 Å². The van der Waals surface area contributed by atoms with Gasteiger partial charge in [0.05, 0.1) is 13.1 Å². The molecule has 1 aromatic heterocycles. The van der Waals surface area contributed by atoms with Gasteiger partial charge in [-0.2, -0.15) is 0 Å². The Morgan fingerprint density at radius 3 is 2.88 bits per heavy atom. The lowest BCUT2D eigenvalue weighted by atomic mass is 10.2. The zero-order chi connectivity index (χ0) is 11.5. The summed E-state index contributed by atoms with van der Waals surface area (Å²) in [4.78, 5) is 4.14. The molecule has 0 radical (unpaired) electrons. The summed E-state index contributed by atoms with van der Waals surface area (Å²) in [7, 11) is 0. The molecule has 0 saturated carbocycles. The van der Waals surface area contributed by atoms with E-state index in [9.17, 15) is 0 Å². The molecule has 3 nitrogen and oxygen atoms in total. The highest BCUT2D eigenvalue weighted by Gasteiger charge is 2.05. The van der Waals surface area contributed by atoms with Crippen molar-refractivity contribution in [1.82, 2.24) is 9.55 Å². The molecule has 0 aliphatic heterocycles. The van der Waals surface area contributed by atoms with Gasteiger partial charge < -0.3 is 10.3 Å². The monoisotopic (exact) mass is 255 g/mol. The Morgan fingerprint density at radius 2 is 2.12 bits per heavy atom. The van der Waals surface area contributed by atoms with Crippen LogP contribution in [0.5, 0.6) is 0 Å². The minimum absolute atomic E-state index is 0.408. The third-order valence-electron chi connectivity index (χ3n) is 2.33. The molecule has 16 heavy (non-hydrogen) atoms. The fourth-order valence-electron chi connectivity index (χ4n) is 1.52. The van der Waals surface area contributed by atoms with E-state index in [1.165, 1.54) is 0 Å². The van der Waals surface area contributed by atoms with Gasteiger partial charge in [-0.1, -0.05) is 23.2 Å². The van der Waals surface area contributed by atoms with Gasteiger partial charge >= 0.3 is 0 Å². The molecular weight excluding hydrogens is 245 g/mol. The van der Waals surface area contributed by atoms with Crippen molar-refractivity contribution in [3.63, 3.8) is 0 Å². The molecule has 2 N–H and O–H groups in total. The van der Waals surface area contributed by atoms with Crippen molar-refractivity contribution in [1.29, 1.82) is 0 Å². The van der Waals surface area contributed by atoms with Crippen LogP contribution in [0.1, 0.15) is 11.4 Å². The first kappa shape index (κ1) is 11.5. The largest absolute Gasteiger partial charge is 0.329 e. The summed E-state index contributed by atoms with van der Waals surface area (Å²) >= 11 is 12.0. The van der Waals surface area contributed by atoms with Crippen molar-refractivity contribution >= 4 is 23.2 Å². The third-order valence-corrected chi connectivity index (χ3v) is 2.94. The second kappa shape index (κ2) is 4.87. The van der Waals surface area contributed by atoms with Crippen LogP contribution in [0.3, 0.4) is 0 Å². The molecule has 1 aromatic carbocycles. The van der Waals surface area contributed by atoms with E-state index in [1.807, 2.05) is 16.8 Å². The van der Waals surface area contributed by atoms with E-state index >= 15 is 0 Å². The van der Waals surface area contributed by atoms with Crippen LogP contribution in [0.15, 0.2) is 30.6 Å². The van der Waals surface area contributed by atoms with Gasteiger partial charge in [0, 0.05) is 22.4 Å². The highest BCUT2D eigenvalue weighted by Crippen LogP contribution is 2.21. The van der Waals surface area contributed by atoms with Crippen LogP contribution in [-0.2, 0) is 13.1 Å². The molecule has 0 fully saturated rings. The predicted octanol–water partition coefficient (Wildman–Crippen LogP) is 2.70. The molecular formula is C11H11Cl2N3. The maximum absolute atomic E-state index is 6.09. The normalized spacial score (nSPS) is 10.7. The van der Waals surface area contributed by atoms with Crippen molar-refractivity contribution in [3.05, 3.63) is 52.0 Å². The van der Waals surface area contributed by atoms with Gasteiger partial charge in [-0.25, -0.2) is 4.98 Å². The topological polar surface area (TPSA) is 43.8 Å². The fraction of sp³-hybridized carbons (Fsp3) is 0.182. The van der Waals surface area contributed by atoms with E-state index in [1.54, 1.807) is 18.3 Å². The van der Waals surface area contributed by atoms with Gasteiger partial charge in [-0.15, -0.1) is 0 Å². The lowest BCUT2D eigenvalue weighted by Crippen LogP contribution is -2.09. The van der Waals surface area contributed by atoms with E-state index in [4.69, 9.17) is 28.9 Å². The van der Waals surface area contributed by atoms with Crippen LogP contribution in [0.4, 0.5) is 0 Å². The van der Waals surface area contributed by atoms with E-state index in [-0.39, 0.29) is 0 Å². The van der Waals surface area contributed by atoms with Crippen LogP contribution in [-0.4, -0.2) is 9.55 Å². The summed E-state index contributed by atoms with van der Waals surface area (Å²) in [6, 6.07) is 5.41. The van der Waals surface area contributed by atoms with E-state index in [2.05, 4.69) is 4.98 Å². The minimum atomic E-state index is 0.408. The molecule has 0 bridgehead atoms. The van der Waals surface area contributed by atoms with E-state index in [0.717, 1.165) is 11.4 Å². The van der Waals surface area contributed by atoms with Crippen molar-refractivity contribution in [3.8, 4) is 0 Å². The number of nitrogens with two attached hydrogens (primary N) is 1. The molecule has 0 atom stereocenters. The van der Waals surface area contributed by atoms with Crippen molar-refractivity contribution < 1.29 is 0 Å². The standard InChI is InChI=1S/C11H11Cl2N3/c12-9-1-2-10(13)8(5-9)7-16-4-3-15-11(16)6-14/h1-5H,6-7,14H2. The lowest BCUT2D eigenvalue weighted by molar-refractivity contribution is 0.724. The Balaban J connectivity index is 2.30. The minimum Gasteiger partial charge on any atom is -0.329 e. The SMILES string of the molecule is NCc1nccn1Cc1cc(Cl)ccc1Cl. The second-order valence-corrected chi connectivity index (χ2v) is 4.25. The molecule has 2 aromatic rings. The highest BCUT2D eigenvalue weighted by molar-refractivity contribution is 6.33. The third kappa shape index (κ3) is 2.38. The van der Waals surface area contributed by atoms with Crippen LogP contribution in [0, 0.1) is 0 Å². The molecule has 0 amide bonds. The summed E-state index contributed by atoms with van der Waals surface area (Å²) in [5.74, 6) is 0.830. The van der Waals surface area contributed by atoms with E-state index in [0.29, 0.717) is 23.1 Å². The number of hydrogen-bond donors (Lipinski definition) is 1. The molecule has 0 aliphatic rings. The van der Waals surface area contributed by atoms with Crippen LogP contribution in [0.25, 0.3) is 0 Å². The molecule has 1 heterocycles. The number of nitrogens with zero attached hydrogens (tertiary/aromatic N) is 2. The Bertz CT molecular complexity index is 494. The summed E-state index contributed by atoms with van der Waals surface area (Å²) in [5.41, 5.74) is 6.53. The number of rotatable bonds is 3. The first-order chi connectivity index (χ1) is 7.70. The second-order valence-electron chi connectivity index (χ2n) is 3.41. The maximum Gasteiger partial charge on any atom is 0.122 e. The average Bonchev–Trinajstić information content (AvgIpc) is 2.71. The first-order valence-electron chi connectivity index (χ1n) is 4.84. The maximum atomic E-state index is 6.09. The quantitative estimate of drug-likeness (QED) is 0.917. The Hall–Kier alpha value is -1.03. The number of imidazole rings is 1. The number of halogens is 2. The van der Waals surface area contributed by atoms with E-state index < -0.39 is 0 Å². The number of aromatic nitrogens is 2. The van der Waals surface area contributed by atoms with Gasteiger partial charge in [0.2, 0.25) is 0 Å². The molecule has 5 heteroatoms. The fourth-order valence-corrected chi connectivity index (χ4v) is 1.89. The van der Waals surface area contributed by atoms with Crippen LogP contribution >= 0.6 is 23.2 Å². The smallest absolute Gasteiger partial charge is 0.122 e. The van der Waals surface area contributed by atoms with Gasteiger partial charge in [-0.05, 0) is 23.8 Å². The summed E-state index contributed by atoms with van der Waals surface area (Å²) in [5, 5.41) is 1.37. The first-order valence-corrected chi connectivity index (χ1v) is 5.60. The van der Waals surface area contributed by atoms with Gasteiger partial charge in [0.25, 0.3) is 0 Å². The van der Waals surface area contributed by atoms with Crippen LogP contribution < -0.4 is 5.73 Å². The molecule has 84 valence electrons. The van der Waals surface area contributed by atoms with Gasteiger partial charge in [0.15, 0.2) is 0 Å². The van der Waals surface area contributed by atoms with Crippen molar-refractivity contribution in [2.24, 2.45) is 5.73 Å². The molecule has 0 aliphatic carbocycles. The molecule has 0 saturated heterocycles. The van der Waals surface area contributed by atoms with Gasteiger partial charge in [0.1, 0.15) is 5.82 Å². The summed E-state index contributed by atoms with van der Waals surface area (Å²) in [6.07, 6.45) is 3.60. The number of benzene rings is 1. The zero-order valence-electron chi connectivity index (χ0n) is 8.53. The average molecular weight is 256 g/mol. The molecule has 2 rings (SSSR count). The highest BCUT2D eigenvalue weighted by atomic mass is 35.5. The Morgan fingerprint density at radius 1 is 1.31 bits per heavy atom. The predicted molar refractivity (Wildman–Crippen MR) is 65.7 cm³/mol. The molecule has 0 spiro atoms. The summed E-state index contributed by atoms with van der Waals surface area (Å²) in [6.45, 7) is 1.04. The lowest BCUT2D eigenvalue weighted by Gasteiger charge is -2.08. The van der Waals surface area contributed by atoms with Crippen LogP contribution in [0.2, 0.25) is 10.0 Å². The Kier molecular flexibility index (Phi) is 3.49. The summed E-state index contributed by atoms with van der Waals surface area (Å²) < 4.78 is 1.96. The zero-order valence-corrected chi connectivity index (χ0v) is 10.0. The Labute approximate surface area is 104 Å². The van der Waals surface area contributed by atoms with Gasteiger partial charge in [-0.3, -0.25) is 0 Å².